The van der Waals surface area contributed by atoms with Crippen LogP contribution in [0.4, 0.5) is 5.69 Å². The summed E-state index contributed by atoms with van der Waals surface area (Å²) in [6.07, 6.45) is -0.166. The van der Waals surface area contributed by atoms with Gasteiger partial charge in [0.2, 0.25) is 0 Å². The largest absolute Gasteiger partial charge is 0.378 e. The molecule has 2 rings (SSSR count). The van der Waals surface area contributed by atoms with Gasteiger partial charge in [-0.2, -0.15) is 0 Å². The average molecular weight is 300 g/mol. The third kappa shape index (κ3) is 2.90. The average Bonchev–Trinajstić information content (AvgIpc) is 2.85. The lowest BCUT2D eigenvalue weighted by Crippen LogP contribution is -2.43. The summed E-state index contributed by atoms with van der Waals surface area (Å²) in [5.74, 6) is -0.571. The number of carbonyl (C=O) groups is 1. The number of nitrogens with one attached hydrogen (secondary N) is 2. The highest BCUT2D eigenvalue weighted by atomic mass is 35.5. The molecule has 1 aromatic rings. The lowest BCUT2D eigenvalue weighted by Gasteiger charge is -2.18. The number of rotatable bonds is 4. The van der Waals surface area contributed by atoms with Gasteiger partial charge in [-0.3, -0.25) is 14.9 Å². The Morgan fingerprint density at radius 1 is 1.55 bits per heavy atom. The minimum absolute atomic E-state index is 0.0524. The van der Waals surface area contributed by atoms with Crippen molar-refractivity contribution >= 4 is 23.2 Å². The molecule has 0 bridgehead atoms. The number of hydrogen-bond acceptors (Lipinski definition) is 5. The van der Waals surface area contributed by atoms with E-state index in [0.717, 1.165) is 0 Å². The van der Waals surface area contributed by atoms with Crippen LogP contribution in [-0.4, -0.2) is 43.2 Å². The van der Waals surface area contributed by atoms with Gasteiger partial charge in [-0.15, -0.1) is 0 Å². The van der Waals surface area contributed by atoms with Crippen molar-refractivity contribution in [3.8, 4) is 0 Å². The Kier molecular flexibility index (Phi) is 4.53. The van der Waals surface area contributed by atoms with Crippen LogP contribution in [0, 0.1) is 10.1 Å². The number of benzene rings is 1. The maximum Gasteiger partial charge on any atom is 0.283 e. The first kappa shape index (κ1) is 14.7. The van der Waals surface area contributed by atoms with Crippen LogP contribution in [-0.2, 0) is 4.74 Å². The van der Waals surface area contributed by atoms with Crippen LogP contribution in [0.2, 0.25) is 5.02 Å². The van der Waals surface area contributed by atoms with E-state index in [9.17, 15) is 14.9 Å². The van der Waals surface area contributed by atoms with Gasteiger partial charge in [0.05, 0.1) is 22.1 Å². The zero-order chi connectivity index (χ0) is 14.7. The fraction of sp³-hybridized carbons (Fsp3) is 0.417. The second kappa shape index (κ2) is 6.17. The normalized spacial score (nSPS) is 21.7. The third-order valence-electron chi connectivity index (χ3n) is 3.19. The van der Waals surface area contributed by atoms with Crippen LogP contribution < -0.4 is 10.6 Å². The molecular formula is C12H14ClN3O4. The second-order valence-electron chi connectivity index (χ2n) is 4.40. The maximum atomic E-state index is 12.2. The van der Waals surface area contributed by atoms with Crippen molar-refractivity contribution in [2.75, 3.05) is 20.2 Å². The van der Waals surface area contributed by atoms with Gasteiger partial charge in [-0.25, -0.2) is 0 Å². The molecule has 1 aliphatic rings. The number of carbonyl (C=O) groups excluding carboxylic acids is 1. The van der Waals surface area contributed by atoms with E-state index in [0.29, 0.717) is 13.1 Å². The summed E-state index contributed by atoms with van der Waals surface area (Å²) in [6.45, 7) is 1.16. The van der Waals surface area contributed by atoms with E-state index in [1.165, 1.54) is 18.2 Å². The fourth-order valence-corrected chi connectivity index (χ4v) is 2.43. The van der Waals surface area contributed by atoms with E-state index < -0.39 is 10.8 Å². The van der Waals surface area contributed by atoms with Crippen molar-refractivity contribution < 1.29 is 14.5 Å². The molecule has 0 aliphatic carbocycles. The van der Waals surface area contributed by atoms with Crippen molar-refractivity contribution in [3.63, 3.8) is 0 Å². The van der Waals surface area contributed by atoms with Crippen molar-refractivity contribution in [2.24, 2.45) is 0 Å². The summed E-state index contributed by atoms with van der Waals surface area (Å²) in [5, 5.41) is 16.8. The van der Waals surface area contributed by atoms with Gasteiger partial charge in [0.15, 0.2) is 0 Å². The number of ether oxygens (including phenoxy) is 1. The molecule has 1 heterocycles. The van der Waals surface area contributed by atoms with Crippen LogP contribution in [0.1, 0.15) is 10.4 Å². The molecule has 2 N–H and O–H groups in total. The molecule has 1 amide bonds. The molecule has 0 saturated carbocycles. The number of methoxy groups -OCH3 is 1. The van der Waals surface area contributed by atoms with Gasteiger partial charge in [-0.05, 0) is 6.07 Å². The van der Waals surface area contributed by atoms with E-state index in [-0.39, 0.29) is 28.4 Å². The standard InChI is InChI=1S/C12H14ClN3O4/c1-20-10-6-14-5-8(10)15-12(17)11-7(13)3-2-4-9(11)16(18)19/h2-4,8,10,14H,5-6H2,1H3,(H,15,17)/t8?,10-/m0/s1. The molecule has 20 heavy (non-hydrogen) atoms. The molecule has 1 aromatic carbocycles. The SMILES string of the molecule is CO[C@H]1CNCC1NC(=O)c1c(Cl)cccc1[N+](=O)[O-]. The first-order valence-electron chi connectivity index (χ1n) is 6.02. The van der Waals surface area contributed by atoms with Gasteiger partial charge < -0.3 is 15.4 Å². The van der Waals surface area contributed by atoms with Gasteiger partial charge in [0.1, 0.15) is 5.56 Å². The molecule has 1 saturated heterocycles. The zero-order valence-corrected chi connectivity index (χ0v) is 11.5. The molecule has 1 fully saturated rings. The molecule has 0 radical (unpaired) electrons. The molecule has 2 atom stereocenters. The number of nitro benzene ring substituents is 1. The number of nitro groups is 1. The molecular weight excluding hydrogens is 286 g/mol. The summed E-state index contributed by atoms with van der Waals surface area (Å²) >= 11 is 5.91. The quantitative estimate of drug-likeness (QED) is 0.638. The molecule has 7 nitrogen and oxygen atoms in total. The Labute approximate surface area is 120 Å². The van der Waals surface area contributed by atoms with Crippen LogP contribution in [0.3, 0.4) is 0 Å². The number of nitrogens with zero attached hydrogens (tertiary/aromatic N) is 1. The highest BCUT2D eigenvalue weighted by molar-refractivity contribution is 6.34. The molecule has 108 valence electrons. The Morgan fingerprint density at radius 3 is 2.95 bits per heavy atom. The van der Waals surface area contributed by atoms with Crippen LogP contribution in [0.25, 0.3) is 0 Å². The van der Waals surface area contributed by atoms with Crippen molar-refractivity contribution in [3.05, 3.63) is 38.9 Å². The monoisotopic (exact) mass is 299 g/mol. The van der Waals surface area contributed by atoms with Crippen LogP contribution in [0.15, 0.2) is 18.2 Å². The zero-order valence-electron chi connectivity index (χ0n) is 10.8. The molecule has 1 unspecified atom stereocenters. The fourth-order valence-electron chi connectivity index (χ4n) is 2.18. The van der Waals surface area contributed by atoms with Crippen molar-refractivity contribution in [1.29, 1.82) is 0 Å². The van der Waals surface area contributed by atoms with E-state index in [1.54, 1.807) is 7.11 Å². The molecule has 1 aliphatic heterocycles. The summed E-state index contributed by atoms with van der Waals surface area (Å²) in [5.41, 5.74) is -0.434. The number of hydrogen-bond donors (Lipinski definition) is 2. The van der Waals surface area contributed by atoms with E-state index in [1.807, 2.05) is 0 Å². The Hall–Kier alpha value is -1.70. The van der Waals surface area contributed by atoms with Gasteiger partial charge >= 0.3 is 0 Å². The highest BCUT2D eigenvalue weighted by Crippen LogP contribution is 2.26. The summed E-state index contributed by atoms with van der Waals surface area (Å²) in [6, 6.07) is 3.89. The predicted molar refractivity (Wildman–Crippen MR) is 73.0 cm³/mol. The van der Waals surface area contributed by atoms with E-state index >= 15 is 0 Å². The Bertz CT molecular complexity index is 537. The smallest absolute Gasteiger partial charge is 0.283 e. The summed E-state index contributed by atoms with van der Waals surface area (Å²) in [7, 11) is 1.55. The van der Waals surface area contributed by atoms with Crippen LogP contribution >= 0.6 is 11.6 Å². The topological polar surface area (TPSA) is 93.5 Å². The predicted octanol–water partition coefficient (Wildman–Crippen LogP) is 0.965. The van der Waals surface area contributed by atoms with Crippen molar-refractivity contribution in [2.45, 2.75) is 12.1 Å². The maximum absolute atomic E-state index is 12.2. The lowest BCUT2D eigenvalue weighted by molar-refractivity contribution is -0.385. The van der Waals surface area contributed by atoms with E-state index in [2.05, 4.69) is 10.6 Å². The van der Waals surface area contributed by atoms with Crippen molar-refractivity contribution in [1.82, 2.24) is 10.6 Å². The Morgan fingerprint density at radius 2 is 2.30 bits per heavy atom. The number of amides is 1. The molecule has 8 heteroatoms. The second-order valence-corrected chi connectivity index (χ2v) is 4.81. The molecule has 0 aromatic heterocycles. The minimum atomic E-state index is -0.624. The third-order valence-corrected chi connectivity index (χ3v) is 3.51. The Balaban J connectivity index is 2.23. The first-order chi connectivity index (χ1) is 9.54. The van der Waals surface area contributed by atoms with Gasteiger partial charge in [-0.1, -0.05) is 17.7 Å². The number of halogens is 1. The van der Waals surface area contributed by atoms with Gasteiger partial charge in [0.25, 0.3) is 11.6 Å². The first-order valence-corrected chi connectivity index (χ1v) is 6.39. The summed E-state index contributed by atoms with van der Waals surface area (Å²) < 4.78 is 5.22. The highest BCUT2D eigenvalue weighted by Gasteiger charge is 2.31. The summed E-state index contributed by atoms with van der Waals surface area (Å²) in [4.78, 5) is 22.6. The minimum Gasteiger partial charge on any atom is -0.378 e. The molecule has 0 spiro atoms. The van der Waals surface area contributed by atoms with Crippen LogP contribution in [0.5, 0.6) is 0 Å². The van der Waals surface area contributed by atoms with Gasteiger partial charge in [0, 0.05) is 26.3 Å². The lowest BCUT2D eigenvalue weighted by atomic mass is 10.1. The van der Waals surface area contributed by atoms with E-state index in [4.69, 9.17) is 16.3 Å².